The van der Waals surface area contributed by atoms with Crippen LogP contribution in [-0.2, 0) is 0 Å². The number of carbonyl (C=O) groups excluding carboxylic acids is 1. The Hall–Kier alpha value is -3.00. The summed E-state index contributed by atoms with van der Waals surface area (Å²) >= 11 is 0. The van der Waals surface area contributed by atoms with E-state index in [0.29, 0.717) is 11.3 Å². The molecule has 0 unspecified atom stereocenters. The normalized spacial score (nSPS) is 12.2. The van der Waals surface area contributed by atoms with E-state index in [9.17, 15) is 18.8 Å². The molecule has 1 amide bonds. The maximum absolute atomic E-state index is 13.9. The second kappa shape index (κ2) is 7.27. The number of nitriles is 1. The van der Waals surface area contributed by atoms with Gasteiger partial charge in [0.15, 0.2) is 0 Å². The predicted octanol–water partition coefficient (Wildman–Crippen LogP) is 4.68. The van der Waals surface area contributed by atoms with Gasteiger partial charge in [-0.2, -0.15) is 5.26 Å². The predicted molar refractivity (Wildman–Crippen MR) is 92.3 cm³/mol. The lowest BCUT2D eigenvalue weighted by molar-refractivity contribution is 0.0949. The van der Waals surface area contributed by atoms with E-state index in [1.165, 1.54) is 6.07 Å². The van der Waals surface area contributed by atoms with Crippen LogP contribution in [0, 0.1) is 28.4 Å². The molecule has 25 heavy (non-hydrogen) atoms. The van der Waals surface area contributed by atoms with E-state index in [2.05, 4.69) is 11.4 Å². The number of nitrogens with one attached hydrogen (secondary N) is 1. The monoisotopic (exact) mass is 340 g/mol. The first-order chi connectivity index (χ1) is 11.8. The summed E-state index contributed by atoms with van der Waals surface area (Å²) in [5, 5.41) is 12.1. The minimum Gasteiger partial charge on any atom is -0.324 e. The van der Waals surface area contributed by atoms with Gasteiger partial charge >= 0.3 is 0 Å². The summed E-state index contributed by atoms with van der Waals surface area (Å²) in [4.78, 5) is 12.5. The van der Waals surface area contributed by atoms with E-state index in [0.717, 1.165) is 12.1 Å². The number of hydrogen-bond acceptors (Lipinski definition) is 2. The maximum Gasteiger partial charge on any atom is 0.261 e. The summed E-state index contributed by atoms with van der Waals surface area (Å²) in [7, 11) is 0. The van der Waals surface area contributed by atoms with Gasteiger partial charge < -0.3 is 5.32 Å². The lowest BCUT2D eigenvalue weighted by atomic mass is 9.86. The molecule has 0 atom stereocenters. The number of nitrogens with zero attached hydrogens (tertiary/aromatic N) is 1. The molecule has 3 nitrogen and oxygen atoms in total. The summed E-state index contributed by atoms with van der Waals surface area (Å²) in [5.41, 5.74) is -0.135. The Kier molecular flexibility index (Phi) is 5.33. The van der Waals surface area contributed by atoms with Crippen LogP contribution >= 0.6 is 0 Å². The van der Waals surface area contributed by atoms with Gasteiger partial charge in [-0.05, 0) is 17.7 Å². The number of benzene rings is 2. The Morgan fingerprint density at radius 3 is 2.04 bits per heavy atom. The zero-order valence-corrected chi connectivity index (χ0v) is 14.2. The molecule has 2 rings (SSSR count). The van der Waals surface area contributed by atoms with Crippen molar-refractivity contribution >= 4 is 11.5 Å². The molecule has 0 heterocycles. The van der Waals surface area contributed by atoms with E-state index in [4.69, 9.17) is 0 Å². The molecule has 0 bridgehead atoms. The van der Waals surface area contributed by atoms with Crippen molar-refractivity contribution in [3.8, 4) is 6.07 Å². The molecule has 0 aliphatic carbocycles. The molecule has 1 N–H and O–H groups in total. The fourth-order valence-electron chi connectivity index (χ4n) is 2.39. The van der Waals surface area contributed by atoms with Crippen molar-refractivity contribution in [2.24, 2.45) is 5.41 Å². The van der Waals surface area contributed by atoms with Crippen molar-refractivity contribution in [3.05, 3.63) is 77.0 Å². The van der Waals surface area contributed by atoms with Gasteiger partial charge in [0.1, 0.15) is 23.3 Å². The van der Waals surface area contributed by atoms with Crippen LogP contribution in [0.3, 0.4) is 0 Å². The molecule has 0 saturated heterocycles. The van der Waals surface area contributed by atoms with Crippen molar-refractivity contribution in [3.63, 3.8) is 0 Å². The van der Waals surface area contributed by atoms with Gasteiger partial charge in [0, 0.05) is 11.1 Å². The minimum absolute atomic E-state index is 0.248. The third kappa shape index (κ3) is 4.10. The third-order valence-electron chi connectivity index (χ3n) is 3.60. The standard InChI is InChI=1S/C20H18F2N2O/c1-20(2,3)18(14(12-23)13-8-5-4-6-9-13)24-19(25)17-15(21)10-7-11-16(17)22/h4-11H,1-3H3,(H,24,25)/b18-14-. The first-order valence-corrected chi connectivity index (χ1v) is 7.71. The topological polar surface area (TPSA) is 52.9 Å². The van der Waals surface area contributed by atoms with Gasteiger partial charge in [-0.1, -0.05) is 57.2 Å². The smallest absolute Gasteiger partial charge is 0.261 e. The molecule has 0 spiro atoms. The maximum atomic E-state index is 13.9. The molecular formula is C20H18F2N2O. The van der Waals surface area contributed by atoms with Crippen LogP contribution in [0.15, 0.2) is 54.2 Å². The Morgan fingerprint density at radius 1 is 1.00 bits per heavy atom. The highest BCUT2D eigenvalue weighted by Gasteiger charge is 2.27. The van der Waals surface area contributed by atoms with Crippen molar-refractivity contribution in [1.29, 1.82) is 5.26 Å². The van der Waals surface area contributed by atoms with E-state index >= 15 is 0 Å². The largest absolute Gasteiger partial charge is 0.324 e. The SMILES string of the molecule is CC(C)(C)/C(NC(=O)c1c(F)cccc1F)=C(\C#N)c1ccccc1. The van der Waals surface area contributed by atoms with Gasteiger partial charge in [-0.15, -0.1) is 0 Å². The first-order valence-electron chi connectivity index (χ1n) is 7.71. The quantitative estimate of drug-likeness (QED) is 0.825. The van der Waals surface area contributed by atoms with E-state index < -0.39 is 28.5 Å². The number of carbonyl (C=O) groups is 1. The molecule has 2 aromatic rings. The van der Waals surface area contributed by atoms with Crippen LogP contribution in [0.4, 0.5) is 8.78 Å². The molecule has 0 fully saturated rings. The zero-order valence-electron chi connectivity index (χ0n) is 14.2. The Bertz CT molecular complexity index is 839. The van der Waals surface area contributed by atoms with Crippen LogP contribution in [0.2, 0.25) is 0 Å². The van der Waals surface area contributed by atoms with Crippen LogP contribution < -0.4 is 5.32 Å². The summed E-state index contributed by atoms with van der Waals surface area (Å²) < 4.78 is 27.7. The van der Waals surface area contributed by atoms with Crippen molar-refractivity contribution in [1.82, 2.24) is 5.32 Å². The van der Waals surface area contributed by atoms with Gasteiger partial charge in [0.2, 0.25) is 0 Å². The highest BCUT2D eigenvalue weighted by Crippen LogP contribution is 2.31. The van der Waals surface area contributed by atoms with Crippen LogP contribution in [-0.4, -0.2) is 5.91 Å². The van der Waals surface area contributed by atoms with Crippen molar-refractivity contribution in [2.45, 2.75) is 20.8 Å². The zero-order chi connectivity index (χ0) is 18.6. The van der Waals surface area contributed by atoms with Crippen molar-refractivity contribution in [2.75, 3.05) is 0 Å². The second-order valence-corrected chi connectivity index (χ2v) is 6.53. The third-order valence-corrected chi connectivity index (χ3v) is 3.60. The lowest BCUT2D eigenvalue weighted by Crippen LogP contribution is -2.32. The van der Waals surface area contributed by atoms with Gasteiger partial charge in [0.25, 0.3) is 5.91 Å². The molecule has 2 aromatic carbocycles. The molecule has 0 aromatic heterocycles. The summed E-state index contributed by atoms with van der Waals surface area (Å²) in [5.74, 6) is -2.84. The molecule has 0 aliphatic heterocycles. The van der Waals surface area contributed by atoms with Crippen LogP contribution in [0.1, 0.15) is 36.7 Å². The number of amides is 1. The minimum atomic E-state index is -0.955. The fourth-order valence-corrected chi connectivity index (χ4v) is 2.39. The fraction of sp³-hybridized carbons (Fsp3) is 0.200. The van der Waals surface area contributed by atoms with Crippen LogP contribution in [0.5, 0.6) is 0 Å². The molecule has 5 heteroatoms. The van der Waals surface area contributed by atoms with Gasteiger partial charge in [-0.3, -0.25) is 4.79 Å². The summed E-state index contributed by atoms with van der Waals surface area (Å²) in [6, 6.07) is 14.1. The molecule has 0 saturated carbocycles. The van der Waals surface area contributed by atoms with Gasteiger partial charge in [-0.25, -0.2) is 8.78 Å². The number of hydrogen-bond donors (Lipinski definition) is 1. The molecule has 0 radical (unpaired) electrons. The average Bonchev–Trinajstić information content (AvgIpc) is 2.54. The average molecular weight is 340 g/mol. The Morgan fingerprint density at radius 2 is 1.56 bits per heavy atom. The molecule has 128 valence electrons. The lowest BCUT2D eigenvalue weighted by Gasteiger charge is -2.25. The summed E-state index contributed by atoms with van der Waals surface area (Å²) in [6.07, 6.45) is 0. The van der Waals surface area contributed by atoms with Gasteiger partial charge in [0.05, 0.1) is 5.57 Å². The van der Waals surface area contributed by atoms with E-state index in [1.807, 2.05) is 6.07 Å². The van der Waals surface area contributed by atoms with E-state index in [1.54, 1.807) is 45.0 Å². The van der Waals surface area contributed by atoms with Crippen molar-refractivity contribution < 1.29 is 13.6 Å². The summed E-state index contributed by atoms with van der Waals surface area (Å²) in [6.45, 7) is 5.42. The van der Waals surface area contributed by atoms with Crippen LogP contribution in [0.25, 0.3) is 5.57 Å². The number of allylic oxidation sites excluding steroid dienone is 2. The number of rotatable bonds is 3. The molecular weight excluding hydrogens is 322 g/mol. The Balaban J connectivity index is 2.55. The van der Waals surface area contributed by atoms with E-state index in [-0.39, 0.29) is 5.57 Å². The number of halogens is 2. The second-order valence-electron chi connectivity index (χ2n) is 6.53. The highest BCUT2D eigenvalue weighted by molar-refractivity contribution is 5.97. The first kappa shape index (κ1) is 18.3. The highest BCUT2D eigenvalue weighted by atomic mass is 19.1. The Labute approximate surface area is 145 Å². The molecule has 0 aliphatic rings.